The SMILES string of the molecule is CC1CCN(c2nn[nH]n2)CC(NC(=O)C2(c3cc(F)c(Cl)cc3O)CC2)C1. The fourth-order valence-corrected chi connectivity index (χ4v) is 4.13. The lowest BCUT2D eigenvalue weighted by atomic mass is 9.92. The first-order valence-corrected chi connectivity index (χ1v) is 9.74. The molecule has 1 aromatic heterocycles. The molecule has 1 aromatic carbocycles. The summed E-state index contributed by atoms with van der Waals surface area (Å²) in [4.78, 5) is 15.1. The number of phenols is 1. The molecule has 0 spiro atoms. The van der Waals surface area contributed by atoms with Crippen LogP contribution in [0.3, 0.4) is 0 Å². The van der Waals surface area contributed by atoms with Crippen molar-refractivity contribution >= 4 is 23.5 Å². The van der Waals surface area contributed by atoms with Crippen LogP contribution in [0.25, 0.3) is 0 Å². The molecule has 0 radical (unpaired) electrons. The van der Waals surface area contributed by atoms with E-state index in [-0.39, 0.29) is 22.7 Å². The molecule has 0 bridgehead atoms. The Bertz CT molecular complexity index is 873. The lowest BCUT2D eigenvalue weighted by molar-refractivity contribution is -0.124. The number of nitrogens with one attached hydrogen (secondary N) is 2. The van der Waals surface area contributed by atoms with Crippen molar-refractivity contribution in [2.45, 2.75) is 44.1 Å². The lowest BCUT2D eigenvalue weighted by Crippen LogP contribution is -2.47. The van der Waals surface area contributed by atoms with Gasteiger partial charge in [0.25, 0.3) is 5.95 Å². The van der Waals surface area contributed by atoms with Crippen LogP contribution in [0, 0.1) is 11.7 Å². The number of H-pyrrole nitrogens is 1. The molecule has 2 aliphatic rings. The first-order chi connectivity index (χ1) is 13.4. The molecule has 3 N–H and O–H groups in total. The van der Waals surface area contributed by atoms with Gasteiger partial charge in [0, 0.05) is 30.8 Å². The average Bonchev–Trinajstić information content (AvgIpc) is 3.32. The van der Waals surface area contributed by atoms with E-state index in [4.69, 9.17) is 11.6 Å². The van der Waals surface area contributed by atoms with E-state index in [2.05, 4.69) is 32.9 Å². The van der Waals surface area contributed by atoms with E-state index in [1.165, 1.54) is 6.07 Å². The van der Waals surface area contributed by atoms with Crippen molar-refractivity contribution < 1.29 is 14.3 Å². The molecule has 1 aliphatic carbocycles. The van der Waals surface area contributed by atoms with Crippen LogP contribution in [-0.2, 0) is 10.2 Å². The van der Waals surface area contributed by atoms with E-state index in [1.807, 2.05) is 4.90 Å². The number of halogens is 2. The highest BCUT2D eigenvalue weighted by molar-refractivity contribution is 6.30. The molecule has 150 valence electrons. The number of phenolic OH excluding ortho intramolecular Hbond substituents is 1. The highest BCUT2D eigenvalue weighted by Crippen LogP contribution is 2.52. The molecule has 8 nitrogen and oxygen atoms in total. The number of tetrazole rings is 1. The van der Waals surface area contributed by atoms with Crippen molar-refractivity contribution in [2.24, 2.45) is 5.92 Å². The van der Waals surface area contributed by atoms with Crippen molar-refractivity contribution in [3.63, 3.8) is 0 Å². The standard InChI is InChI=1S/C18H22ClFN6O2/c1-10-2-5-26(17-22-24-25-23-17)9-11(6-10)21-16(28)18(3-4-18)12-7-14(20)13(19)8-15(12)27/h7-8,10-11,27H,2-6,9H2,1H3,(H,21,28)(H,22,23,24,25). The third-order valence-corrected chi connectivity index (χ3v) is 6.00. The molecule has 2 heterocycles. The number of aromatic amines is 1. The average molecular weight is 409 g/mol. The molecule has 2 unspecified atom stereocenters. The summed E-state index contributed by atoms with van der Waals surface area (Å²) in [5.41, 5.74) is -0.606. The number of amides is 1. The second-order valence-electron chi connectivity index (χ2n) is 7.82. The lowest BCUT2D eigenvalue weighted by Gasteiger charge is -2.26. The van der Waals surface area contributed by atoms with Gasteiger partial charge in [0.1, 0.15) is 11.6 Å². The van der Waals surface area contributed by atoms with Crippen LogP contribution in [0.15, 0.2) is 12.1 Å². The largest absolute Gasteiger partial charge is 0.508 e. The van der Waals surface area contributed by atoms with Gasteiger partial charge in [-0.2, -0.15) is 5.21 Å². The fraction of sp³-hybridized carbons (Fsp3) is 0.556. The predicted octanol–water partition coefficient (Wildman–Crippen LogP) is 2.15. The van der Waals surface area contributed by atoms with Crippen molar-refractivity contribution in [1.82, 2.24) is 25.9 Å². The smallest absolute Gasteiger partial charge is 0.265 e. The number of hydrogen-bond donors (Lipinski definition) is 3. The van der Waals surface area contributed by atoms with E-state index in [9.17, 15) is 14.3 Å². The van der Waals surface area contributed by atoms with Crippen LogP contribution in [0.2, 0.25) is 5.02 Å². The van der Waals surface area contributed by atoms with Crippen molar-refractivity contribution in [2.75, 3.05) is 18.0 Å². The Balaban J connectivity index is 1.53. The minimum Gasteiger partial charge on any atom is -0.508 e. The van der Waals surface area contributed by atoms with Gasteiger partial charge in [-0.1, -0.05) is 23.6 Å². The molecule has 1 saturated carbocycles. The van der Waals surface area contributed by atoms with Crippen LogP contribution < -0.4 is 10.2 Å². The van der Waals surface area contributed by atoms with Crippen molar-refractivity contribution in [3.8, 4) is 5.75 Å². The number of nitrogens with zero attached hydrogens (tertiary/aromatic N) is 4. The van der Waals surface area contributed by atoms with Crippen LogP contribution in [0.1, 0.15) is 38.2 Å². The van der Waals surface area contributed by atoms with Gasteiger partial charge in [-0.3, -0.25) is 4.79 Å². The highest BCUT2D eigenvalue weighted by atomic mass is 35.5. The minimum atomic E-state index is -0.901. The highest BCUT2D eigenvalue weighted by Gasteiger charge is 2.53. The molecule has 2 fully saturated rings. The van der Waals surface area contributed by atoms with Gasteiger partial charge >= 0.3 is 0 Å². The maximum atomic E-state index is 13.9. The summed E-state index contributed by atoms with van der Waals surface area (Å²) >= 11 is 5.73. The van der Waals surface area contributed by atoms with Gasteiger partial charge in [-0.15, -0.1) is 5.10 Å². The van der Waals surface area contributed by atoms with E-state index in [0.717, 1.165) is 25.5 Å². The molecule has 1 amide bonds. The Labute approximate surface area is 166 Å². The number of hydrogen-bond acceptors (Lipinski definition) is 6. The Morgan fingerprint density at radius 3 is 2.93 bits per heavy atom. The minimum absolute atomic E-state index is 0.111. The van der Waals surface area contributed by atoms with E-state index in [0.29, 0.717) is 36.8 Å². The Kier molecular flexibility index (Phi) is 4.86. The predicted molar refractivity (Wildman–Crippen MR) is 101 cm³/mol. The third-order valence-electron chi connectivity index (χ3n) is 5.71. The summed E-state index contributed by atoms with van der Waals surface area (Å²) in [5, 5.41) is 27.3. The molecule has 4 rings (SSSR count). The van der Waals surface area contributed by atoms with Gasteiger partial charge in [0.2, 0.25) is 5.91 Å². The van der Waals surface area contributed by atoms with Crippen LogP contribution in [0.5, 0.6) is 5.75 Å². The summed E-state index contributed by atoms with van der Waals surface area (Å²) in [7, 11) is 0. The summed E-state index contributed by atoms with van der Waals surface area (Å²) in [5.74, 6) is -0.0658. The summed E-state index contributed by atoms with van der Waals surface area (Å²) in [6, 6.07) is 2.22. The quantitative estimate of drug-likeness (QED) is 0.715. The molecule has 2 aromatic rings. The van der Waals surface area contributed by atoms with Crippen LogP contribution in [-0.4, -0.2) is 50.8 Å². The van der Waals surface area contributed by atoms with Crippen molar-refractivity contribution in [3.05, 3.63) is 28.5 Å². The zero-order valence-corrected chi connectivity index (χ0v) is 16.2. The normalized spacial score (nSPS) is 23.9. The van der Waals surface area contributed by atoms with Gasteiger partial charge in [-0.25, -0.2) is 4.39 Å². The first-order valence-electron chi connectivity index (χ1n) is 9.37. The zero-order valence-electron chi connectivity index (χ0n) is 15.5. The van der Waals surface area contributed by atoms with E-state index in [1.54, 1.807) is 0 Å². The molecule has 28 heavy (non-hydrogen) atoms. The first kappa shape index (κ1) is 18.9. The number of rotatable bonds is 4. The number of aromatic hydroxyl groups is 1. The molecular weight excluding hydrogens is 387 g/mol. The summed E-state index contributed by atoms with van der Waals surface area (Å²) < 4.78 is 13.9. The topological polar surface area (TPSA) is 107 Å². The summed E-state index contributed by atoms with van der Waals surface area (Å²) in [6.45, 7) is 3.49. The second kappa shape index (κ2) is 7.20. The number of aromatic nitrogens is 4. The van der Waals surface area contributed by atoms with Crippen LogP contribution in [0.4, 0.5) is 10.3 Å². The third kappa shape index (κ3) is 3.50. The Morgan fingerprint density at radius 2 is 2.25 bits per heavy atom. The molecule has 2 atom stereocenters. The number of anilines is 1. The monoisotopic (exact) mass is 408 g/mol. The maximum absolute atomic E-state index is 13.9. The van der Waals surface area contributed by atoms with Gasteiger partial charge in [0.05, 0.1) is 10.4 Å². The Hall–Kier alpha value is -2.42. The zero-order chi connectivity index (χ0) is 19.9. The van der Waals surface area contributed by atoms with Gasteiger partial charge in [-0.05, 0) is 42.9 Å². The van der Waals surface area contributed by atoms with Crippen molar-refractivity contribution in [1.29, 1.82) is 0 Å². The number of benzene rings is 1. The van der Waals surface area contributed by atoms with E-state index < -0.39 is 11.2 Å². The maximum Gasteiger partial charge on any atom is 0.265 e. The summed E-state index contributed by atoms with van der Waals surface area (Å²) in [6.07, 6.45) is 2.89. The molecule has 1 aliphatic heterocycles. The van der Waals surface area contributed by atoms with Gasteiger partial charge in [0.15, 0.2) is 0 Å². The Morgan fingerprint density at radius 1 is 1.46 bits per heavy atom. The molecular formula is C18H22ClFN6O2. The van der Waals surface area contributed by atoms with Gasteiger partial charge < -0.3 is 15.3 Å². The number of carbonyl (C=O) groups excluding carboxylic acids is 1. The van der Waals surface area contributed by atoms with E-state index >= 15 is 0 Å². The second-order valence-corrected chi connectivity index (χ2v) is 8.23. The molecule has 1 saturated heterocycles. The molecule has 10 heteroatoms. The number of carbonyl (C=O) groups is 1. The fourth-order valence-electron chi connectivity index (χ4n) is 3.98. The van der Waals surface area contributed by atoms with Crippen LogP contribution >= 0.6 is 11.6 Å².